The topological polar surface area (TPSA) is 71.4 Å². The predicted octanol–water partition coefficient (Wildman–Crippen LogP) is 2.00. The maximum absolute atomic E-state index is 6.06. The van der Waals surface area contributed by atoms with E-state index in [4.69, 9.17) is 10.3 Å². The Morgan fingerprint density at radius 3 is 2.95 bits per heavy atom. The molecule has 0 saturated carbocycles. The summed E-state index contributed by atoms with van der Waals surface area (Å²) in [6.45, 7) is 2.93. The zero-order chi connectivity index (χ0) is 15.0. The van der Waals surface area contributed by atoms with Gasteiger partial charge in [0.15, 0.2) is 5.82 Å². The molecule has 1 fully saturated rings. The van der Waals surface area contributed by atoms with Crippen LogP contribution in [0.3, 0.4) is 0 Å². The second-order valence-corrected chi connectivity index (χ2v) is 6.27. The highest BCUT2D eigenvalue weighted by atomic mass is 79.9. The Hall–Kier alpha value is -1.44. The molecule has 6 nitrogen and oxygen atoms in total. The van der Waals surface area contributed by atoms with Crippen molar-refractivity contribution in [3.8, 4) is 11.5 Å². The number of rotatable bonds is 2. The molecule has 2 aromatic rings. The maximum Gasteiger partial charge on any atom is 0.260 e. The number of nitrogen functional groups attached to an aromatic ring is 1. The molecule has 21 heavy (non-hydrogen) atoms. The standard InChI is InChI=1S/C14H18BrN5O/c1-19-6-7-20(2)11(8-19)13-17-14(21-18-13)9-4-3-5-10(15)12(9)16/h3-5,11H,6-8,16H2,1-2H3. The molecular formula is C14H18BrN5O. The summed E-state index contributed by atoms with van der Waals surface area (Å²) >= 11 is 3.41. The monoisotopic (exact) mass is 351 g/mol. The quantitative estimate of drug-likeness (QED) is 0.834. The lowest BCUT2D eigenvalue weighted by Crippen LogP contribution is -2.45. The molecule has 1 atom stereocenters. The van der Waals surface area contributed by atoms with Crippen molar-refractivity contribution < 1.29 is 4.52 Å². The SMILES string of the molecule is CN1CCN(C)C(c2noc(-c3cccc(Br)c3N)n2)C1. The molecule has 1 aromatic heterocycles. The number of benzene rings is 1. The molecular weight excluding hydrogens is 334 g/mol. The molecule has 1 aliphatic rings. The lowest BCUT2D eigenvalue weighted by atomic mass is 10.1. The van der Waals surface area contributed by atoms with Gasteiger partial charge in [-0.15, -0.1) is 0 Å². The molecule has 0 spiro atoms. The van der Waals surface area contributed by atoms with Crippen molar-refractivity contribution in [3.63, 3.8) is 0 Å². The van der Waals surface area contributed by atoms with Crippen molar-refractivity contribution in [2.75, 3.05) is 39.5 Å². The second kappa shape index (κ2) is 5.75. The Kier molecular flexibility index (Phi) is 3.97. The molecule has 1 saturated heterocycles. The van der Waals surface area contributed by atoms with E-state index < -0.39 is 0 Å². The highest BCUT2D eigenvalue weighted by molar-refractivity contribution is 9.10. The summed E-state index contributed by atoms with van der Waals surface area (Å²) in [7, 11) is 4.19. The molecule has 2 heterocycles. The minimum atomic E-state index is 0.148. The van der Waals surface area contributed by atoms with Crippen molar-refractivity contribution in [2.45, 2.75) is 6.04 Å². The predicted molar refractivity (Wildman–Crippen MR) is 84.7 cm³/mol. The third-order valence-electron chi connectivity index (χ3n) is 3.87. The third-order valence-corrected chi connectivity index (χ3v) is 4.57. The van der Waals surface area contributed by atoms with Gasteiger partial charge in [-0.2, -0.15) is 4.98 Å². The molecule has 7 heteroatoms. The van der Waals surface area contributed by atoms with Crippen molar-refractivity contribution >= 4 is 21.6 Å². The van der Waals surface area contributed by atoms with Crippen LogP contribution in [-0.2, 0) is 0 Å². The van der Waals surface area contributed by atoms with Gasteiger partial charge in [0.1, 0.15) is 0 Å². The summed E-state index contributed by atoms with van der Waals surface area (Å²) in [6.07, 6.45) is 0. The lowest BCUT2D eigenvalue weighted by Gasteiger charge is -2.35. The van der Waals surface area contributed by atoms with Crippen molar-refractivity contribution in [2.24, 2.45) is 0 Å². The minimum Gasteiger partial charge on any atom is -0.397 e. The van der Waals surface area contributed by atoms with Crippen molar-refractivity contribution in [3.05, 3.63) is 28.5 Å². The molecule has 0 amide bonds. The van der Waals surface area contributed by atoms with Crippen LogP contribution in [0.2, 0.25) is 0 Å². The van der Waals surface area contributed by atoms with Crippen LogP contribution >= 0.6 is 15.9 Å². The van der Waals surface area contributed by atoms with Gasteiger partial charge in [-0.05, 0) is 42.2 Å². The van der Waals surface area contributed by atoms with Gasteiger partial charge in [0.2, 0.25) is 0 Å². The summed E-state index contributed by atoms with van der Waals surface area (Å²) in [5.41, 5.74) is 7.43. The molecule has 0 radical (unpaired) electrons. The van der Waals surface area contributed by atoms with Crippen LogP contribution in [0.15, 0.2) is 27.2 Å². The second-order valence-electron chi connectivity index (χ2n) is 5.42. The Labute approximate surface area is 132 Å². The molecule has 0 aliphatic carbocycles. The smallest absolute Gasteiger partial charge is 0.260 e. The fourth-order valence-electron chi connectivity index (χ4n) is 2.49. The number of nitrogens with zero attached hydrogens (tertiary/aromatic N) is 4. The fraction of sp³-hybridized carbons (Fsp3) is 0.429. The van der Waals surface area contributed by atoms with Gasteiger partial charge in [0.25, 0.3) is 5.89 Å². The van der Waals surface area contributed by atoms with Crippen LogP contribution in [0, 0.1) is 0 Å². The Bertz CT molecular complexity index is 644. The molecule has 1 aromatic carbocycles. The van der Waals surface area contributed by atoms with Crippen LogP contribution in [0.1, 0.15) is 11.9 Å². The van der Waals surface area contributed by atoms with Crippen LogP contribution in [0.4, 0.5) is 5.69 Å². The Morgan fingerprint density at radius 2 is 2.14 bits per heavy atom. The number of aromatic nitrogens is 2. The average Bonchev–Trinajstić information content (AvgIpc) is 2.94. The fourth-order valence-corrected chi connectivity index (χ4v) is 2.86. The van der Waals surface area contributed by atoms with Gasteiger partial charge in [0.05, 0.1) is 17.3 Å². The lowest BCUT2D eigenvalue weighted by molar-refractivity contribution is 0.108. The van der Waals surface area contributed by atoms with Crippen LogP contribution in [0.25, 0.3) is 11.5 Å². The van der Waals surface area contributed by atoms with Crippen LogP contribution in [-0.4, -0.2) is 53.7 Å². The van der Waals surface area contributed by atoms with E-state index in [1.54, 1.807) is 0 Å². The number of hydrogen-bond acceptors (Lipinski definition) is 6. The first-order chi connectivity index (χ1) is 10.1. The molecule has 0 bridgehead atoms. The van der Waals surface area contributed by atoms with Gasteiger partial charge >= 0.3 is 0 Å². The van der Waals surface area contributed by atoms with E-state index in [9.17, 15) is 0 Å². The van der Waals surface area contributed by atoms with Gasteiger partial charge in [-0.25, -0.2) is 0 Å². The maximum atomic E-state index is 6.06. The number of para-hydroxylation sites is 1. The summed E-state index contributed by atoms with van der Waals surface area (Å²) in [4.78, 5) is 9.06. The molecule has 1 aliphatic heterocycles. The van der Waals surface area contributed by atoms with Crippen molar-refractivity contribution in [1.29, 1.82) is 0 Å². The molecule has 1 unspecified atom stereocenters. The molecule has 2 N–H and O–H groups in total. The number of hydrogen-bond donors (Lipinski definition) is 1. The van der Waals surface area contributed by atoms with Gasteiger partial charge in [-0.3, -0.25) is 4.90 Å². The van der Waals surface area contributed by atoms with E-state index in [0.717, 1.165) is 29.7 Å². The molecule has 112 valence electrons. The summed E-state index contributed by atoms with van der Waals surface area (Å²) in [6, 6.07) is 5.82. The minimum absolute atomic E-state index is 0.148. The Morgan fingerprint density at radius 1 is 1.33 bits per heavy atom. The van der Waals surface area contributed by atoms with E-state index in [-0.39, 0.29) is 6.04 Å². The number of anilines is 1. The number of piperazine rings is 1. The number of likely N-dealkylation sites (N-methyl/N-ethyl adjacent to an activating group) is 2. The summed E-state index contributed by atoms with van der Waals surface area (Å²) in [5, 5.41) is 4.15. The van der Waals surface area contributed by atoms with Crippen LogP contribution < -0.4 is 5.73 Å². The highest BCUT2D eigenvalue weighted by Gasteiger charge is 2.28. The van der Waals surface area contributed by atoms with Gasteiger partial charge in [0, 0.05) is 24.1 Å². The first-order valence-electron chi connectivity index (χ1n) is 6.83. The van der Waals surface area contributed by atoms with Crippen LogP contribution in [0.5, 0.6) is 0 Å². The van der Waals surface area contributed by atoms with E-state index in [0.29, 0.717) is 17.4 Å². The van der Waals surface area contributed by atoms with E-state index in [2.05, 4.69) is 50.0 Å². The van der Waals surface area contributed by atoms with Crippen molar-refractivity contribution in [1.82, 2.24) is 19.9 Å². The zero-order valence-electron chi connectivity index (χ0n) is 12.1. The zero-order valence-corrected chi connectivity index (χ0v) is 13.7. The third kappa shape index (κ3) is 2.81. The molecule has 3 rings (SSSR count). The number of nitrogens with two attached hydrogens (primary N) is 1. The largest absolute Gasteiger partial charge is 0.397 e. The van der Waals surface area contributed by atoms with E-state index in [1.165, 1.54) is 0 Å². The van der Waals surface area contributed by atoms with Gasteiger partial charge in [-0.1, -0.05) is 11.2 Å². The van der Waals surface area contributed by atoms with E-state index >= 15 is 0 Å². The first kappa shape index (κ1) is 14.5. The Balaban J connectivity index is 1.91. The average molecular weight is 352 g/mol. The number of halogens is 1. The highest BCUT2D eigenvalue weighted by Crippen LogP contribution is 2.31. The van der Waals surface area contributed by atoms with E-state index in [1.807, 2.05) is 18.2 Å². The van der Waals surface area contributed by atoms with Gasteiger partial charge < -0.3 is 15.2 Å². The normalized spacial score (nSPS) is 20.8. The summed E-state index contributed by atoms with van der Waals surface area (Å²) < 4.78 is 6.24. The first-order valence-corrected chi connectivity index (χ1v) is 7.62. The summed E-state index contributed by atoms with van der Waals surface area (Å²) in [5.74, 6) is 1.17.